The average Bonchev–Trinajstić information content (AvgIpc) is 3.18. The van der Waals surface area contributed by atoms with Crippen molar-refractivity contribution < 1.29 is 21.8 Å². The van der Waals surface area contributed by atoms with Crippen molar-refractivity contribution in [3.05, 3.63) is 82.9 Å². The Bertz CT molecular complexity index is 1370. The van der Waals surface area contributed by atoms with Crippen LogP contribution in [0, 0.1) is 6.92 Å². The molecule has 3 aromatic carbocycles. The lowest BCUT2D eigenvalue weighted by molar-refractivity contribution is 0.0728. The molecular formula is C27H28FN3O4S. The normalized spacial score (nSPS) is 16.0. The van der Waals surface area contributed by atoms with Crippen molar-refractivity contribution in [3.8, 4) is 11.1 Å². The summed E-state index contributed by atoms with van der Waals surface area (Å²) in [6.07, 6.45) is -0.345. The molecule has 1 aliphatic carbocycles. The molecule has 0 radical (unpaired) electrons. The first-order valence-corrected chi connectivity index (χ1v) is 13.3. The molecule has 2 aliphatic rings. The predicted octanol–water partition coefficient (Wildman–Crippen LogP) is 4.30. The molecule has 0 spiro atoms. The number of ether oxygens (including phenoxy) is 1. The Hall–Kier alpha value is -3.43. The van der Waals surface area contributed by atoms with E-state index in [1.54, 1.807) is 17.9 Å². The highest BCUT2D eigenvalue weighted by Gasteiger charge is 2.30. The fourth-order valence-corrected chi connectivity index (χ4v) is 5.97. The number of amides is 1. The van der Waals surface area contributed by atoms with Gasteiger partial charge in [0.1, 0.15) is 11.5 Å². The summed E-state index contributed by atoms with van der Waals surface area (Å²) in [6, 6.07) is 19.2. The minimum atomic E-state index is -4.86. The number of nitrogen functional groups attached to an aromatic ring is 1. The van der Waals surface area contributed by atoms with E-state index < -0.39 is 15.1 Å². The molecule has 0 unspecified atom stereocenters. The molecule has 1 fully saturated rings. The summed E-state index contributed by atoms with van der Waals surface area (Å²) in [5.41, 5.74) is 11.7. The standard InChI is InChI=1S/C27H28FN3O4S/c1-18-19(14-20(29)15-26(18)36(28,33)34)16-30-10-12-31(13-11-30)27(32)35-17-25-23-8-4-2-6-21(23)22-7-3-5-9-24(22)25/h2-9,14-15,25H,10-13,16-17,29H2,1H3. The van der Waals surface area contributed by atoms with Crippen LogP contribution in [0.25, 0.3) is 11.1 Å². The summed E-state index contributed by atoms with van der Waals surface area (Å²) >= 11 is 0. The quantitative estimate of drug-likeness (QED) is 0.407. The third kappa shape index (κ3) is 4.68. The number of nitrogens with zero attached hydrogens (tertiary/aromatic N) is 2. The minimum absolute atomic E-state index is 0.00938. The van der Waals surface area contributed by atoms with Gasteiger partial charge in [0.15, 0.2) is 0 Å². The zero-order valence-electron chi connectivity index (χ0n) is 20.0. The van der Waals surface area contributed by atoms with E-state index in [4.69, 9.17) is 10.5 Å². The molecule has 1 saturated heterocycles. The van der Waals surface area contributed by atoms with Gasteiger partial charge in [-0.2, -0.15) is 8.42 Å². The molecule has 0 bridgehead atoms. The van der Waals surface area contributed by atoms with Crippen molar-refractivity contribution in [2.45, 2.75) is 24.3 Å². The molecule has 0 saturated carbocycles. The van der Waals surface area contributed by atoms with E-state index in [2.05, 4.69) is 29.2 Å². The Labute approximate surface area is 210 Å². The zero-order chi connectivity index (χ0) is 25.4. The van der Waals surface area contributed by atoms with Crippen LogP contribution in [-0.2, 0) is 21.5 Å². The molecule has 1 aliphatic heterocycles. The lowest BCUT2D eigenvalue weighted by Crippen LogP contribution is -2.48. The van der Waals surface area contributed by atoms with Gasteiger partial charge in [0, 0.05) is 44.3 Å². The monoisotopic (exact) mass is 509 g/mol. The first-order chi connectivity index (χ1) is 17.2. The van der Waals surface area contributed by atoms with Gasteiger partial charge in [0.05, 0.1) is 0 Å². The first-order valence-electron chi connectivity index (χ1n) is 11.9. The second-order valence-electron chi connectivity index (χ2n) is 9.31. The van der Waals surface area contributed by atoms with Gasteiger partial charge in [0.2, 0.25) is 0 Å². The van der Waals surface area contributed by atoms with Crippen molar-refractivity contribution in [1.82, 2.24) is 9.80 Å². The molecular weight excluding hydrogens is 481 g/mol. The highest BCUT2D eigenvalue weighted by Crippen LogP contribution is 2.44. The Morgan fingerprint density at radius 1 is 1.00 bits per heavy atom. The molecule has 188 valence electrons. The Balaban J connectivity index is 1.19. The van der Waals surface area contributed by atoms with Crippen LogP contribution in [0.5, 0.6) is 0 Å². The predicted molar refractivity (Wildman–Crippen MR) is 136 cm³/mol. The summed E-state index contributed by atoms with van der Waals surface area (Å²) in [5.74, 6) is 0.00938. The van der Waals surface area contributed by atoms with Gasteiger partial charge in [-0.3, -0.25) is 4.90 Å². The van der Waals surface area contributed by atoms with Gasteiger partial charge in [-0.05, 0) is 52.4 Å². The number of carbonyl (C=O) groups is 1. The van der Waals surface area contributed by atoms with E-state index >= 15 is 0 Å². The van der Waals surface area contributed by atoms with Crippen molar-refractivity contribution in [1.29, 1.82) is 0 Å². The van der Waals surface area contributed by atoms with Gasteiger partial charge in [0.25, 0.3) is 0 Å². The van der Waals surface area contributed by atoms with Gasteiger partial charge in [-0.15, -0.1) is 3.89 Å². The fraction of sp³-hybridized carbons (Fsp3) is 0.296. The number of anilines is 1. The van der Waals surface area contributed by atoms with Gasteiger partial charge in [-0.25, -0.2) is 4.79 Å². The van der Waals surface area contributed by atoms with Gasteiger partial charge < -0.3 is 15.4 Å². The van der Waals surface area contributed by atoms with E-state index in [0.717, 1.165) is 6.07 Å². The highest BCUT2D eigenvalue weighted by molar-refractivity contribution is 7.86. The van der Waals surface area contributed by atoms with Gasteiger partial charge >= 0.3 is 16.3 Å². The number of nitrogens with two attached hydrogens (primary N) is 1. The average molecular weight is 510 g/mol. The van der Waals surface area contributed by atoms with E-state index in [-0.39, 0.29) is 24.3 Å². The molecule has 1 heterocycles. The largest absolute Gasteiger partial charge is 0.448 e. The summed E-state index contributed by atoms with van der Waals surface area (Å²) in [6.45, 7) is 4.38. The zero-order valence-corrected chi connectivity index (χ0v) is 20.8. The van der Waals surface area contributed by atoms with E-state index in [9.17, 15) is 17.1 Å². The maximum Gasteiger partial charge on any atom is 0.409 e. The summed E-state index contributed by atoms with van der Waals surface area (Å²) < 4.78 is 42.4. The number of hydrogen-bond acceptors (Lipinski definition) is 6. The fourth-order valence-electron chi connectivity index (χ4n) is 5.20. The van der Waals surface area contributed by atoms with E-state index in [0.29, 0.717) is 43.9 Å². The molecule has 3 aromatic rings. The number of rotatable bonds is 5. The van der Waals surface area contributed by atoms with Crippen molar-refractivity contribution in [2.75, 3.05) is 38.5 Å². The minimum Gasteiger partial charge on any atom is -0.448 e. The smallest absolute Gasteiger partial charge is 0.409 e. The molecule has 1 amide bonds. The molecule has 0 atom stereocenters. The van der Waals surface area contributed by atoms with Crippen LogP contribution in [0.4, 0.5) is 14.4 Å². The molecule has 7 nitrogen and oxygen atoms in total. The third-order valence-electron chi connectivity index (χ3n) is 7.11. The number of hydrogen-bond donors (Lipinski definition) is 1. The lowest BCUT2D eigenvalue weighted by Gasteiger charge is -2.34. The first kappa shape index (κ1) is 24.3. The van der Waals surface area contributed by atoms with Crippen LogP contribution in [0.15, 0.2) is 65.6 Å². The van der Waals surface area contributed by atoms with Crippen molar-refractivity contribution >= 4 is 22.0 Å². The van der Waals surface area contributed by atoms with Crippen molar-refractivity contribution in [2.24, 2.45) is 0 Å². The number of fused-ring (bicyclic) bond motifs is 3. The van der Waals surface area contributed by atoms with Crippen LogP contribution in [0.2, 0.25) is 0 Å². The van der Waals surface area contributed by atoms with Crippen molar-refractivity contribution in [3.63, 3.8) is 0 Å². The Kier molecular flexibility index (Phi) is 6.44. The summed E-state index contributed by atoms with van der Waals surface area (Å²) in [4.78, 5) is 16.2. The third-order valence-corrected chi connectivity index (χ3v) is 8.06. The molecule has 2 N–H and O–H groups in total. The maximum atomic E-state index is 13.7. The number of benzene rings is 3. The number of piperazine rings is 1. The van der Waals surface area contributed by atoms with Crippen LogP contribution in [0.3, 0.4) is 0 Å². The summed E-state index contributed by atoms with van der Waals surface area (Å²) in [7, 11) is -4.86. The van der Waals surface area contributed by atoms with E-state index in [1.807, 2.05) is 24.3 Å². The second-order valence-corrected chi connectivity index (χ2v) is 10.6. The maximum absolute atomic E-state index is 13.7. The lowest BCUT2D eigenvalue weighted by atomic mass is 9.98. The molecule has 0 aromatic heterocycles. The Morgan fingerprint density at radius 2 is 1.58 bits per heavy atom. The summed E-state index contributed by atoms with van der Waals surface area (Å²) in [5, 5.41) is 0. The van der Waals surface area contributed by atoms with E-state index in [1.165, 1.54) is 22.3 Å². The number of halogens is 1. The SMILES string of the molecule is Cc1c(CN2CCN(C(=O)OCC3c4ccccc4-c4ccccc43)CC2)cc(N)cc1S(=O)(=O)F. The Morgan fingerprint density at radius 3 is 2.17 bits per heavy atom. The molecule has 5 rings (SSSR count). The number of carbonyl (C=O) groups excluding carboxylic acids is 1. The van der Waals surface area contributed by atoms with Gasteiger partial charge in [-0.1, -0.05) is 48.5 Å². The van der Waals surface area contributed by atoms with Crippen LogP contribution >= 0.6 is 0 Å². The van der Waals surface area contributed by atoms with Crippen LogP contribution in [-0.4, -0.2) is 57.1 Å². The highest BCUT2D eigenvalue weighted by atomic mass is 32.3. The molecule has 9 heteroatoms. The second kappa shape index (κ2) is 9.55. The van der Waals surface area contributed by atoms with Crippen LogP contribution < -0.4 is 5.73 Å². The van der Waals surface area contributed by atoms with Crippen LogP contribution in [0.1, 0.15) is 28.2 Å². The topological polar surface area (TPSA) is 92.9 Å². The molecule has 36 heavy (non-hydrogen) atoms.